The van der Waals surface area contributed by atoms with Crippen LogP contribution in [0.15, 0.2) is 0 Å². The van der Waals surface area contributed by atoms with Crippen molar-refractivity contribution in [2.45, 2.75) is 24.8 Å². The number of halogens is 1. The molecule has 0 spiro atoms. The van der Waals surface area contributed by atoms with Crippen molar-refractivity contribution < 1.29 is 24.6 Å². The molecule has 1 rings (SSSR count). The number of carbonyl (C=O) groups excluding carboxylic acids is 1. The van der Waals surface area contributed by atoms with Crippen molar-refractivity contribution >= 4 is 29.4 Å². The molecule has 1 amide bonds. The highest BCUT2D eigenvalue weighted by molar-refractivity contribution is 6.27. The molecule has 2 N–H and O–H groups in total. The van der Waals surface area contributed by atoms with E-state index in [9.17, 15) is 14.4 Å². The summed E-state index contributed by atoms with van der Waals surface area (Å²) in [5.41, 5.74) is -1.63. The summed E-state index contributed by atoms with van der Waals surface area (Å²) in [6.07, 6.45) is -1.09. The molecule has 0 aliphatic carbocycles. The number of ketones is 1. The van der Waals surface area contributed by atoms with Crippen molar-refractivity contribution in [1.82, 2.24) is 4.90 Å². The number of carboxylic acid groups (broad SMARTS) is 2. The molecule has 1 unspecified atom stereocenters. The predicted octanol–water partition coefficient (Wildman–Crippen LogP) is 0.782. The zero-order valence-corrected chi connectivity index (χ0v) is 9.24. The fraction of sp³-hybridized carbons (Fsp3) is 0.667. The second-order valence-electron chi connectivity index (χ2n) is 3.72. The second kappa shape index (κ2) is 4.69. The van der Waals surface area contributed by atoms with Crippen LogP contribution in [0.2, 0.25) is 0 Å². The molecule has 0 aromatic rings. The van der Waals surface area contributed by atoms with Gasteiger partial charge in [-0.3, -0.25) is 9.69 Å². The minimum atomic E-state index is -1.63. The Balaban J connectivity index is 3.00. The van der Waals surface area contributed by atoms with Gasteiger partial charge in [0.25, 0.3) is 0 Å². The van der Waals surface area contributed by atoms with Gasteiger partial charge < -0.3 is 10.2 Å². The Labute approximate surface area is 96.8 Å². The summed E-state index contributed by atoms with van der Waals surface area (Å²) in [7, 11) is 0. The Morgan fingerprint density at radius 3 is 2.38 bits per heavy atom. The number of carboxylic acids is 1. The SMILES string of the molecule is O=C(CCl)CC1(C(=O)O)CCCN1C(=O)O. The van der Waals surface area contributed by atoms with E-state index < -0.39 is 23.4 Å². The lowest BCUT2D eigenvalue weighted by Crippen LogP contribution is -2.54. The Morgan fingerprint density at radius 1 is 1.31 bits per heavy atom. The van der Waals surface area contributed by atoms with E-state index in [0.717, 1.165) is 4.90 Å². The van der Waals surface area contributed by atoms with Gasteiger partial charge in [0, 0.05) is 13.0 Å². The molecular formula is C9H12ClNO5. The molecule has 0 saturated carbocycles. The first-order valence-corrected chi connectivity index (χ1v) is 5.29. The fourth-order valence-electron chi connectivity index (χ4n) is 2.01. The summed E-state index contributed by atoms with van der Waals surface area (Å²) in [6.45, 7) is 0.136. The summed E-state index contributed by atoms with van der Waals surface area (Å²) in [5.74, 6) is -2.05. The average molecular weight is 250 g/mol. The zero-order valence-electron chi connectivity index (χ0n) is 8.48. The van der Waals surface area contributed by atoms with E-state index in [2.05, 4.69) is 0 Å². The minimum absolute atomic E-state index is 0.136. The summed E-state index contributed by atoms with van der Waals surface area (Å²) >= 11 is 5.32. The number of hydrogen-bond acceptors (Lipinski definition) is 3. The van der Waals surface area contributed by atoms with Crippen molar-refractivity contribution in [1.29, 1.82) is 0 Å². The molecule has 1 fully saturated rings. The van der Waals surface area contributed by atoms with Crippen LogP contribution in [-0.4, -0.2) is 50.9 Å². The first-order chi connectivity index (χ1) is 7.44. The third-order valence-corrected chi connectivity index (χ3v) is 3.05. The number of carbonyl (C=O) groups is 3. The van der Waals surface area contributed by atoms with Gasteiger partial charge in [-0.2, -0.15) is 0 Å². The highest BCUT2D eigenvalue weighted by Crippen LogP contribution is 2.33. The smallest absolute Gasteiger partial charge is 0.408 e. The number of Topliss-reactive ketones (excluding diaryl/α,β-unsaturated/α-hetero) is 1. The van der Waals surface area contributed by atoms with Gasteiger partial charge in [-0.15, -0.1) is 11.6 Å². The topological polar surface area (TPSA) is 94.9 Å². The molecule has 0 aromatic carbocycles. The largest absolute Gasteiger partial charge is 0.479 e. The van der Waals surface area contributed by atoms with E-state index in [4.69, 9.17) is 21.8 Å². The second-order valence-corrected chi connectivity index (χ2v) is 3.99. The Morgan fingerprint density at radius 2 is 1.94 bits per heavy atom. The quantitative estimate of drug-likeness (QED) is 0.718. The molecule has 1 heterocycles. The van der Waals surface area contributed by atoms with E-state index in [1.807, 2.05) is 0 Å². The van der Waals surface area contributed by atoms with Crippen molar-refractivity contribution in [2.24, 2.45) is 0 Å². The summed E-state index contributed by atoms with van der Waals surface area (Å²) in [4.78, 5) is 34.1. The zero-order chi connectivity index (χ0) is 12.3. The van der Waals surface area contributed by atoms with Crippen LogP contribution < -0.4 is 0 Å². The number of aliphatic carboxylic acids is 1. The lowest BCUT2D eigenvalue weighted by Gasteiger charge is -2.31. The van der Waals surface area contributed by atoms with E-state index in [0.29, 0.717) is 6.42 Å². The van der Waals surface area contributed by atoms with Crippen molar-refractivity contribution in [2.75, 3.05) is 12.4 Å². The highest BCUT2D eigenvalue weighted by Gasteiger charge is 2.51. The summed E-state index contributed by atoms with van der Waals surface area (Å²) < 4.78 is 0. The van der Waals surface area contributed by atoms with Gasteiger partial charge >= 0.3 is 12.1 Å². The average Bonchev–Trinajstić information content (AvgIpc) is 2.62. The first-order valence-electron chi connectivity index (χ1n) is 4.75. The van der Waals surface area contributed by atoms with Crippen LogP contribution in [0.4, 0.5) is 4.79 Å². The van der Waals surface area contributed by atoms with Crippen LogP contribution in [0.5, 0.6) is 0 Å². The number of rotatable bonds is 4. The van der Waals surface area contributed by atoms with Gasteiger partial charge in [-0.05, 0) is 12.8 Å². The molecule has 90 valence electrons. The van der Waals surface area contributed by atoms with Crippen molar-refractivity contribution in [3.63, 3.8) is 0 Å². The fourth-order valence-corrected chi connectivity index (χ4v) is 2.11. The van der Waals surface area contributed by atoms with Gasteiger partial charge in [-0.1, -0.05) is 0 Å². The molecule has 1 aliphatic rings. The van der Waals surface area contributed by atoms with Gasteiger partial charge in [0.05, 0.1) is 5.88 Å². The van der Waals surface area contributed by atoms with Crippen LogP contribution in [0, 0.1) is 0 Å². The van der Waals surface area contributed by atoms with Gasteiger partial charge in [0.15, 0.2) is 11.3 Å². The van der Waals surface area contributed by atoms with Crippen molar-refractivity contribution in [3.05, 3.63) is 0 Å². The van der Waals surface area contributed by atoms with E-state index in [-0.39, 0.29) is 25.3 Å². The number of alkyl halides is 1. The van der Waals surface area contributed by atoms with Crippen LogP contribution >= 0.6 is 11.6 Å². The standard InChI is InChI=1S/C9H12ClNO5/c10-5-6(12)4-9(7(13)14)2-1-3-11(9)8(15)16/h1-5H2,(H,13,14)(H,15,16). The third kappa shape index (κ3) is 2.11. The minimum Gasteiger partial charge on any atom is -0.479 e. The summed E-state index contributed by atoms with van der Waals surface area (Å²) in [5, 5.41) is 18.0. The molecule has 0 bridgehead atoms. The lowest BCUT2D eigenvalue weighted by atomic mass is 9.90. The Kier molecular flexibility index (Phi) is 3.74. The van der Waals surface area contributed by atoms with Gasteiger partial charge in [-0.25, -0.2) is 9.59 Å². The molecule has 7 heteroatoms. The molecule has 1 atom stereocenters. The lowest BCUT2D eigenvalue weighted by molar-refractivity contribution is -0.150. The van der Waals surface area contributed by atoms with Crippen LogP contribution in [-0.2, 0) is 9.59 Å². The van der Waals surface area contributed by atoms with Gasteiger partial charge in [0.2, 0.25) is 0 Å². The van der Waals surface area contributed by atoms with E-state index >= 15 is 0 Å². The molecule has 16 heavy (non-hydrogen) atoms. The number of amides is 1. The van der Waals surface area contributed by atoms with Crippen LogP contribution in [0.3, 0.4) is 0 Å². The van der Waals surface area contributed by atoms with Crippen LogP contribution in [0.25, 0.3) is 0 Å². The number of likely N-dealkylation sites (tertiary alicyclic amines) is 1. The highest BCUT2D eigenvalue weighted by atomic mass is 35.5. The van der Waals surface area contributed by atoms with E-state index in [1.54, 1.807) is 0 Å². The molecule has 0 radical (unpaired) electrons. The normalized spacial score (nSPS) is 24.4. The molecule has 1 saturated heterocycles. The maximum atomic E-state index is 11.2. The molecule has 0 aromatic heterocycles. The number of hydrogen-bond donors (Lipinski definition) is 2. The summed E-state index contributed by atoms with van der Waals surface area (Å²) in [6, 6.07) is 0. The first kappa shape index (κ1) is 12.8. The van der Waals surface area contributed by atoms with Crippen molar-refractivity contribution in [3.8, 4) is 0 Å². The van der Waals surface area contributed by atoms with Gasteiger partial charge in [0.1, 0.15) is 0 Å². The molecule has 6 nitrogen and oxygen atoms in total. The van der Waals surface area contributed by atoms with E-state index in [1.165, 1.54) is 0 Å². The van der Waals surface area contributed by atoms with Crippen LogP contribution in [0.1, 0.15) is 19.3 Å². The number of nitrogens with zero attached hydrogens (tertiary/aromatic N) is 1. The molecule has 1 aliphatic heterocycles. The Hall–Kier alpha value is -1.30. The Bertz CT molecular complexity index is 332. The monoisotopic (exact) mass is 249 g/mol. The predicted molar refractivity (Wildman–Crippen MR) is 54.7 cm³/mol. The molecular weight excluding hydrogens is 238 g/mol. The third-order valence-electron chi connectivity index (χ3n) is 2.76. The maximum absolute atomic E-state index is 11.2. The maximum Gasteiger partial charge on any atom is 0.408 e.